The molecule has 2 aromatic carbocycles. The number of carbonyl (C=O) groups is 3. The van der Waals surface area contributed by atoms with Gasteiger partial charge in [0.25, 0.3) is 11.8 Å². The molecule has 0 spiro atoms. The van der Waals surface area contributed by atoms with E-state index in [0.29, 0.717) is 17.7 Å². The summed E-state index contributed by atoms with van der Waals surface area (Å²) in [5, 5.41) is 14.1. The lowest BCUT2D eigenvalue weighted by Crippen LogP contribution is -2.40. The van der Waals surface area contributed by atoms with Gasteiger partial charge >= 0.3 is 5.97 Å². The van der Waals surface area contributed by atoms with Crippen molar-refractivity contribution in [3.8, 4) is 0 Å². The predicted octanol–water partition coefficient (Wildman–Crippen LogP) is 11.3. The van der Waals surface area contributed by atoms with Gasteiger partial charge in [0, 0.05) is 47.1 Å². The Bertz CT molecular complexity index is 1170. The molecule has 6 heteroatoms. The number of hydrogen-bond donors (Lipinski definition) is 2. The molecule has 0 atom stereocenters. The maximum absolute atomic E-state index is 13.4. The van der Waals surface area contributed by atoms with Crippen molar-refractivity contribution in [2.75, 3.05) is 18.4 Å². The van der Waals surface area contributed by atoms with Crippen molar-refractivity contribution < 1.29 is 19.5 Å². The number of rotatable bonds is 28. The van der Waals surface area contributed by atoms with Gasteiger partial charge in [-0.05, 0) is 37.5 Å². The smallest absolute Gasteiger partial charge is 0.303 e. The fourth-order valence-corrected chi connectivity index (χ4v) is 6.83. The maximum Gasteiger partial charge on any atom is 0.303 e. The second kappa shape index (κ2) is 22.6. The second-order valence-corrected chi connectivity index (χ2v) is 13.5. The molecule has 1 aliphatic heterocycles. The largest absolute Gasteiger partial charge is 0.481 e. The van der Waals surface area contributed by atoms with Crippen LogP contribution in [0, 0.1) is 0 Å². The van der Waals surface area contributed by atoms with Gasteiger partial charge in [0.05, 0.1) is 0 Å². The highest BCUT2D eigenvalue weighted by Gasteiger charge is 2.32. The van der Waals surface area contributed by atoms with Gasteiger partial charge in [-0.25, -0.2) is 0 Å². The van der Waals surface area contributed by atoms with Crippen molar-refractivity contribution in [2.45, 2.75) is 161 Å². The quantitative estimate of drug-likeness (QED) is 0.0718. The van der Waals surface area contributed by atoms with Gasteiger partial charge in [-0.3, -0.25) is 19.3 Å². The molecule has 0 aromatic heterocycles. The first kappa shape index (κ1) is 37.6. The van der Waals surface area contributed by atoms with Crippen molar-refractivity contribution >= 4 is 34.2 Å². The minimum absolute atomic E-state index is 0.188. The van der Waals surface area contributed by atoms with Crippen molar-refractivity contribution in [1.82, 2.24) is 4.90 Å². The van der Waals surface area contributed by atoms with E-state index < -0.39 is 5.97 Å². The van der Waals surface area contributed by atoms with E-state index in [2.05, 4.69) is 12.2 Å². The number of anilines is 1. The number of nitrogens with zero attached hydrogens (tertiary/aromatic N) is 1. The summed E-state index contributed by atoms with van der Waals surface area (Å²) in [7, 11) is 0. The molecule has 0 saturated heterocycles. The van der Waals surface area contributed by atoms with Crippen LogP contribution in [0.5, 0.6) is 0 Å². The molecule has 2 amide bonds. The number of carboxylic acids is 1. The molecule has 0 unspecified atom stereocenters. The number of carboxylic acid groups (broad SMARTS) is 1. The molecule has 0 bridgehead atoms. The van der Waals surface area contributed by atoms with Crippen LogP contribution in [0.3, 0.4) is 0 Å². The van der Waals surface area contributed by atoms with Crippen LogP contribution in [0.2, 0.25) is 0 Å². The Hall–Kier alpha value is -2.89. The Morgan fingerprint density at radius 1 is 0.609 bits per heavy atom. The molecular formula is C40H62N2O4. The molecule has 2 aromatic rings. The number of carbonyl (C=O) groups excluding carboxylic acids is 2. The van der Waals surface area contributed by atoms with Crippen LogP contribution in [0.25, 0.3) is 10.8 Å². The third-order valence-corrected chi connectivity index (χ3v) is 9.61. The van der Waals surface area contributed by atoms with E-state index in [1.807, 2.05) is 30.3 Å². The van der Waals surface area contributed by atoms with Crippen molar-refractivity contribution in [3.63, 3.8) is 0 Å². The van der Waals surface area contributed by atoms with E-state index in [1.54, 1.807) is 0 Å². The molecule has 0 saturated carbocycles. The van der Waals surface area contributed by atoms with Gasteiger partial charge in [-0.2, -0.15) is 0 Å². The predicted molar refractivity (Wildman–Crippen MR) is 192 cm³/mol. The van der Waals surface area contributed by atoms with Gasteiger partial charge in [0.15, 0.2) is 0 Å². The molecule has 0 radical (unpaired) electrons. The highest BCUT2D eigenvalue weighted by atomic mass is 16.4. The highest BCUT2D eigenvalue weighted by Crippen LogP contribution is 2.34. The van der Waals surface area contributed by atoms with E-state index in [1.165, 1.54) is 101 Å². The molecule has 1 heterocycles. The Labute approximate surface area is 279 Å². The summed E-state index contributed by atoms with van der Waals surface area (Å²) in [5.41, 5.74) is 2.24. The third kappa shape index (κ3) is 13.1. The Morgan fingerprint density at radius 2 is 1.09 bits per heavy atom. The van der Waals surface area contributed by atoms with Crippen LogP contribution in [0.1, 0.15) is 182 Å². The highest BCUT2D eigenvalue weighted by molar-refractivity contribution is 6.26. The number of amides is 2. The van der Waals surface area contributed by atoms with E-state index in [4.69, 9.17) is 5.11 Å². The normalized spacial score (nSPS) is 12.8. The van der Waals surface area contributed by atoms with Crippen LogP contribution >= 0.6 is 0 Å². The number of unbranched alkanes of at least 4 members (excludes halogenated alkanes) is 21. The van der Waals surface area contributed by atoms with Crippen LogP contribution in [0.4, 0.5) is 5.69 Å². The fraction of sp³-hybridized carbons (Fsp3) is 0.675. The average molecular weight is 635 g/mol. The van der Waals surface area contributed by atoms with Crippen LogP contribution < -0.4 is 5.32 Å². The standard InChI is InChI=1S/C40H62N2O4/c1-2-3-4-5-6-7-8-9-10-11-12-13-14-17-20-23-31-41-36-30-29-35-38-33(36)26-25-27-34(38)39(45)42(40(35)46)32-24-21-18-15-16-19-22-28-37(43)44/h25-27,29-30,41H,2-24,28,31-32H2,1H3,(H,43,44). The summed E-state index contributed by atoms with van der Waals surface area (Å²) in [6.45, 7) is 3.61. The van der Waals surface area contributed by atoms with E-state index in [0.717, 1.165) is 74.4 Å². The number of imide groups is 1. The van der Waals surface area contributed by atoms with E-state index in [-0.39, 0.29) is 18.2 Å². The minimum Gasteiger partial charge on any atom is -0.481 e. The van der Waals surface area contributed by atoms with E-state index in [9.17, 15) is 14.4 Å². The molecule has 0 fully saturated rings. The van der Waals surface area contributed by atoms with Crippen LogP contribution in [-0.4, -0.2) is 40.9 Å². The number of aliphatic carboxylic acids is 1. The first-order chi connectivity index (χ1) is 22.5. The zero-order valence-electron chi connectivity index (χ0n) is 28.9. The monoisotopic (exact) mass is 634 g/mol. The summed E-state index contributed by atoms with van der Waals surface area (Å²) in [6, 6.07) is 9.69. The first-order valence-electron chi connectivity index (χ1n) is 18.9. The lowest BCUT2D eigenvalue weighted by molar-refractivity contribution is -0.137. The molecular weight excluding hydrogens is 572 g/mol. The van der Waals surface area contributed by atoms with Gasteiger partial charge in [-0.1, -0.05) is 147 Å². The van der Waals surface area contributed by atoms with Crippen molar-refractivity contribution in [1.29, 1.82) is 0 Å². The average Bonchev–Trinajstić information content (AvgIpc) is 3.05. The summed E-state index contributed by atoms with van der Waals surface area (Å²) in [4.78, 5) is 38.8. The molecule has 2 N–H and O–H groups in total. The van der Waals surface area contributed by atoms with Gasteiger partial charge in [-0.15, -0.1) is 0 Å². The lowest BCUT2D eigenvalue weighted by atomic mass is 9.92. The maximum atomic E-state index is 13.4. The molecule has 6 nitrogen and oxygen atoms in total. The van der Waals surface area contributed by atoms with Crippen LogP contribution in [0.15, 0.2) is 30.3 Å². The molecule has 0 aliphatic carbocycles. The first-order valence-corrected chi connectivity index (χ1v) is 18.9. The molecule has 46 heavy (non-hydrogen) atoms. The topological polar surface area (TPSA) is 86.7 Å². The Kier molecular flexibility index (Phi) is 18.5. The molecule has 1 aliphatic rings. The summed E-state index contributed by atoms with van der Waals surface area (Å²) >= 11 is 0. The minimum atomic E-state index is -0.730. The number of nitrogens with one attached hydrogen (secondary N) is 1. The summed E-state index contributed by atoms with van der Waals surface area (Å²) in [5.74, 6) is -1.11. The Balaban J connectivity index is 1.30. The zero-order chi connectivity index (χ0) is 32.8. The lowest BCUT2D eigenvalue weighted by Gasteiger charge is -2.28. The Morgan fingerprint density at radius 3 is 1.63 bits per heavy atom. The zero-order valence-corrected chi connectivity index (χ0v) is 28.9. The third-order valence-electron chi connectivity index (χ3n) is 9.61. The van der Waals surface area contributed by atoms with Crippen molar-refractivity contribution in [2.24, 2.45) is 0 Å². The fourth-order valence-electron chi connectivity index (χ4n) is 6.83. The summed E-state index contributed by atoms with van der Waals surface area (Å²) in [6.07, 6.45) is 28.5. The molecule has 256 valence electrons. The van der Waals surface area contributed by atoms with E-state index >= 15 is 0 Å². The van der Waals surface area contributed by atoms with Gasteiger partial charge in [0.1, 0.15) is 0 Å². The number of benzene rings is 2. The second-order valence-electron chi connectivity index (χ2n) is 13.5. The van der Waals surface area contributed by atoms with Gasteiger partial charge in [0.2, 0.25) is 0 Å². The summed E-state index contributed by atoms with van der Waals surface area (Å²) < 4.78 is 0. The number of hydrogen-bond acceptors (Lipinski definition) is 4. The van der Waals surface area contributed by atoms with Gasteiger partial charge < -0.3 is 10.4 Å². The van der Waals surface area contributed by atoms with Crippen molar-refractivity contribution in [3.05, 3.63) is 41.5 Å². The SMILES string of the molecule is CCCCCCCCCCCCCCCCCCNc1ccc2c3c(cccc13)C(=O)N(CCCCCCCCCC(=O)O)C2=O. The van der Waals surface area contributed by atoms with Crippen LogP contribution in [-0.2, 0) is 4.79 Å². The molecule has 3 rings (SSSR count).